The fraction of sp³-hybridized carbons (Fsp3) is 0.346. The molecular weight excluding hydrogens is 464 g/mol. The summed E-state index contributed by atoms with van der Waals surface area (Å²) < 4.78 is 18.2. The van der Waals surface area contributed by atoms with Gasteiger partial charge in [-0.25, -0.2) is 0 Å². The van der Waals surface area contributed by atoms with Gasteiger partial charge in [-0.1, -0.05) is 31.7 Å². The summed E-state index contributed by atoms with van der Waals surface area (Å²) in [6.07, 6.45) is 1.80. The van der Waals surface area contributed by atoms with Gasteiger partial charge in [0.15, 0.2) is 11.0 Å². The highest BCUT2D eigenvalue weighted by atomic mass is 32.2. The van der Waals surface area contributed by atoms with Crippen molar-refractivity contribution in [3.05, 3.63) is 72.6 Å². The van der Waals surface area contributed by atoms with E-state index in [-0.39, 0.29) is 17.9 Å². The lowest BCUT2D eigenvalue weighted by molar-refractivity contribution is 0.0922. The van der Waals surface area contributed by atoms with E-state index in [2.05, 4.69) is 22.1 Å². The summed E-state index contributed by atoms with van der Waals surface area (Å²) in [7, 11) is 3.23. The molecule has 2 aromatic carbocycles. The summed E-state index contributed by atoms with van der Waals surface area (Å²) in [4.78, 5) is 12.9. The highest BCUT2D eigenvalue weighted by molar-refractivity contribution is 7.99. The predicted molar refractivity (Wildman–Crippen MR) is 137 cm³/mol. The molecule has 0 aliphatic rings. The van der Waals surface area contributed by atoms with E-state index in [1.807, 2.05) is 42.7 Å². The van der Waals surface area contributed by atoms with Crippen molar-refractivity contribution in [2.75, 3.05) is 26.6 Å². The molecule has 9 heteroatoms. The molecule has 1 aromatic heterocycles. The number of ether oxygens (including phenoxy) is 3. The molecule has 1 heterocycles. The third-order valence-corrected chi connectivity index (χ3v) is 6.21. The molecule has 0 saturated carbocycles. The van der Waals surface area contributed by atoms with Crippen molar-refractivity contribution >= 4 is 17.7 Å². The van der Waals surface area contributed by atoms with Gasteiger partial charge in [0.05, 0.1) is 26.9 Å². The fourth-order valence-electron chi connectivity index (χ4n) is 3.40. The van der Waals surface area contributed by atoms with Gasteiger partial charge < -0.3 is 24.1 Å². The number of hydrogen-bond donors (Lipinski definition) is 1. The Labute approximate surface area is 210 Å². The number of nitrogens with zero attached hydrogens (tertiary/aromatic N) is 3. The van der Waals surface area contributed by atoms with Crippen molar-refractivity contribution in [2.45, 2.75) is 31.6 Å². The van der Waals surface area contributed by atoms with E-state index in [0.29, 0.717) is 36.0 Å². The molecule has 3 aromatic rings. The molecule has 0 spiro atoms. The second kappa shape index (κ2) is 12.9. The van der Waals surface area contributed by atoms with Crippen LogP contribution in [0.15, 0.2) is 66.3 Å². The smallest absolute Gasteiger partial charge is 0.251 e. The second-order valence-corrected chi connectivity index (χ2v) is 9.10. The molecule has 0 radical (unpaired) electrons. The van der Waals surface area contributed by atoms with E-state index in [4.69, 9.17) is 14.2 Å². The first-order valence-electron chi connectivity index (χ1n) is 11.3. The van der Waals surface area contributed by atoms with E-state index < -0.39 is 0 Å². The molecule has 3 rings (SSSR count). The minimum Gasteiger partial charge on any atom is -0.497 e. The second-order valence-electron chi connectivity index (χ2n) is 8.04. The Balaban J connectivity index is 1.67. The molecule has 35 heavy (non-hydrogen) atoms. The first kappa shape index (κ1) is 26.2. The first-order valence-corrected chi connectivity index (χ1v) is 12.3. The van der Waals surface area contributed by atoms with Gasteiger partial charge >= 0.3 is 0 Å². The lowest BCUT2D eigenvalue weighted by atomic mass is 10.0. The van der Waals surface area contributed by atoms with Crippen molar-refractivity contribution in [3.63, 3.8) is 0 Å². The summed E-state index contributed by atoms with van der Waals surface area (Å²) in [5.74, 6) is 3.57. The van der Waals surface area contributed by atoms with Crippen LogP contribution in [0.1, 0.15) is 36.1 Å². The summed E-state index contributed by atoms with van der Waals surface area (Å²) in [5.41, 5.74) is 0.552. The van der Waals surface area contributed by atoms with Crippen molar-refractivity contribution in [1.29, 1.82) is 0 Å². The van der Waals surface area contributed by atoms with E-state index in [9.17, 15) is 4.79 Å². The van der Waals surface area contributed by atoms with Gasteiger partial charge in [0.25, 0.3) is 5.91 Å². The first-order chi connectivity index (χ1) is 17.0. The van der Waals surface area contributed by atoms with Gasteiger partial charge in [-0.3, -0.25) is 4.79 Å². The van der Waals surface area contributed by atoms with Crippen LogP contribution in [-0.4, -0.2) is 47.3 Å². The van der Waals surface area contributed by atoms with Crippen LogP contribution in [0.5, 0.6) is 17.2 Å². The molecule has 1 atom stereocenters. The zero-order valence-electron chi connectivity index (χ0n) is 20.6. The molecule has 0 aliphatic heterocycles. The van der Waals surface area contributed by atoms with Crippen LogP contribution in [0, 0.1) is 5.92 Å². The average Bonchev–Trinajstić information content (AvgIpc) is 3.27. The molecule has 8 nitrogen and oxygen atoms in total. The third-order valence-electron chi connectivity index (χ3n) is 5.28. The Kier molecular flexibility index (Phi) is 9.60. The van der Waals surface area contributed by atoms with Gasteiger partial charge in [0.2, 0.25) is 0 Å². The Bertz CT molecular complexity index is 1100. The lowest BCUT2D eigenvalue weighted by Gasteiger charge is -2.22. The lowest BCUT2D eigenvalue weighted by Crippen LogP contribution is -2.33. The highest BCUT2D eigenvalue weighted by Crippen LogP contribution is 2.26. The number of thioether (sulfide) groups is 1. The number of allylic oxidation sites excluding steroid dienone is 1. The predicted octanol–water partition coefficient (Wildman–Crippen LogP) is 4.78. The molecular formula is C26H32N4O4S. The maximum atomic E-state index is 12.9. The number of carbonyl (C=O) groups excluding carboxylic acids is 1. The number of benzene rings is 2. The largest absolute Gasteiger partial charge is 0.497 e. The van der Waals surface area contributed by atoms with Crippen LogP contribution in [-0.2, 0) is 6.54 Å². The minimum atomic E-state index is -0.318. The standard InChI is InChI=1S/C26H32N4O4S/c1-6-15-30-24(23(18(2)3)27-25(31)19-7-9-20(32-4)10-8-19)28-29-26(30)35-17-16-34-22-13-11-21(33-5)12-14-22/h6-14,18,23H,1,15-17H2,2-5H3,(H,27,31)/t23-/m1/s1. The molecule has 0 fully saturated rings. The molecule has 0 bridgehead atoms. The van der Waals surface area contributed by atoms with Crippen LogP contribution in [0.2, 0.25) is 0 Å². The molecule has 0 saturated heterocycles. The van der Waals surface area contributed by atoms with Crippen LogP contribution in [0.4, 0.5) is 0 Å². The van der Waals surface area contributed by atoms with Gasteiger partial charge in [-0.2, -0.15) is 0 Å². The van der Waals surface area contributed by atoms with Gasteiger partial charge in [0.1, 0.15) is 17.2 Å². The summed E-state index contributed by atoms with van der Waals surface area (Å²) in [6.45, 7) is 9.01. The van der Waals surface area contributed by atoms with Crippen LogP contribution in [0.25, 0.3) is 0 Å². The number of methoxy groups -OCH3 is 2. The zero-order valence-corrected chi connectivity index (χ0v) is 21.4. The molecule has 1 N–H and O–H groups in total. The maximum absolute atomic E-state index is 12.9. The summed E-state index contributed by atoms with van der Waals surface area (Å²) >= 11 is 1.55. The van der Waals surface area contributed by atoms with E-state index in [1.54, 1.807) is 56.3 Å². The minimum absolute atomic E-state index is 0.0984. The average molecular weight is 497 g/mol. The van der Waals surface area contributed by atoms with E-state index >= 15 is 0 Å². The van der Waals surface area contributed by atoms with Gasteiger partial charge in [-0.05, 0) is 54.4 Å². The fourth-order valence-corrected chi connectivity index (χ4v) is 4.17. The molecule has 0 unspecified atom stereocenters. The monoisotopic (exact) mass is 496 g/mol. The number of amides is 1. The Morgan fingerprint density at radius 3 is 2.20 bits per heavy atom. The van der Waals surface area contributed by atoms with Crippen molar-refractivity contribution < 1.29 is 19.0 Å². The Morgan fingerprint density at radius 1 is 1.03 bits per heavy atom. The van der Waals surface area contributed by atoms with Crippen molar-refractivity contribution in [1.82, 2.24) is 20.1 Å². The van der Waals surface area contributed by atoms with Crippen LogP contribution >= 0.6 is 11.8 Å². The van der Waals surface area contributed by atoms with Crippen LogP contribution < -0.4 is 19.5 Å². The molecule has 0 aliphatic carbocycles. The van der Waals surface area contributed by atoms with Crippen molar-refractivity contribution in [3.8, 4) is 17.2 Å². The number of aromatic nitrogens is 3. The molecule has 1 amide bonds. The SMILES string of the molecule is C=CCn1c(SCCOc2ccc(OC)cc2)nnc1[C@H](NC(=O)c1ccc(OC)cc1)C(C)C. The highest BCUT2D eigenvalue weighted by Gasteiger charge is 2.26. The number of rotatable bonds is 13. The quantitative estimate of drug-likeness (QED) is 0.207. The van der Waals surface area contributed by atoms with E-state index in [1.165, 1.54) is 0 Å². The van der Waals surface area contributed by atoms with Crippen molar-refractivity contribution in [2.24, 2.45) is 5.92 Å². The third kappa shape index (κ3) is 7.02. The zero-order chi connectivity index (χ0) is 25.2. The molecule has 186 valence electrons. The maximum Gasteiger partial charge on any atom is 0.251 e. The van der Waals surface area contributed by atoms with E-state index in [0.717, 1.165) is 16.7 Å². The van der Waals surface area contributed by atoms with Gasteiger partial charge in [-0.15, -0.1) is 16.8 Å². The normalized spacial score (nSPS) is 11.7. The Morgan fingerprint density at radius 2 is 1.63 bits per heavy atom. The van der Waals surface area contributed by atoms with Gasteiger partial charge in [0, 0.05) is 17.9 Å². The number of nitrogens with one attached hydrogen (secondary N) is 1. The number of hydrogen-bond acceptors (Lipinski definition) is 7. The summed E-state index contributed by atoms with van der Waals surface area (Å²) in [6, 6.07) is 14.2. The number of carbonyl (C=O) groups is 1. The van der Waals surface area contributed by atoms with Crippen LogP contribution in [0.3, 0.4) is 0 Å². The topological polar surface area (TPSA) is 87.5 Å². The Hall–Kier alpha value is -3.46. The summed E-state index contributed by atoms with van der Waals surface area (Å²) in [5, 5.41) is 12.7.